The third-order valence-electron chi connectivity index (χ3n) is 4.64. The van der Waals surface area contributed by atoms with Crippen LogP contribution in [0.5, 0.6) is 0 Å². The van der Waals surface area contributed by atoms with Gasteiger partial charge in [0.15, 0.2) is 0 Å². The number of para-hydroxylation sites is 2. The summed E-state index contributed by atoms with van der Waals surface area (Å²) in [7, 11) is 3.98. The quantitative estimate of drug-likeness (QED) is 0.550. The van der Waals surface area contributed by atoms with E-state index in [1.165, 1.54) is 0 Å². The summed E-state index contributed by atoms with van der Waals surface area (Å²) in [6.45, 7) is 2.78. The van der Waals surface area contributed by atoms with Crippen LogP contribution in [-0.2, 0) is 6.54 Å². The number of rotatable bonds is 5. The minimum atomic E-state index is 0.0803. The van der Waals surface area contributed by atoms with E-state index in [1.807, 2.05) is 62.6 Å². The first-order valence-electron chi connectivity index (χ1n) is 8.61. The molecule has 0 saturated heterocycles. The van der Waals surface area contributed by atoms with E-state index in [0.717, 1.165) is 28.7 Å². The summed E-state index contributed by atoms with van der Waals surface area (Å²) in [5.41, 5.74) is 4.24. The van der Waals surface area contributed by atoms with Crippen LogP contribution in [0, 0.1) is 0 Å². The first-order chi connectivity index (χ1) is 12.6. The number of nitrogens with zero attached hydrogens (tertiary/aromatic N) is 5. The number of aromatic nitrogens is 4. The van der Waals surface area contributed by atoms with Gasteiger partial charge in [0.25, 0.3) is 0 Å². The lowest BCUT2D eigenvalue weighted by molar-refractivity contribution is 0.245. The van der Waals surface area contributed by atoms with Crippen molar-refractivity contribution in [3.05, 3.63) is 66.3 Å². The van der Waals surface area contributed by atoms with Crippen molar-refractivity contribution in [2.75, 3.05) is 14.1 Å². The lowest BCUT2D eigenvalue weighted by atomic mass is 10.1. The van der Waals surface area contributed by atoms with Gasteiger partial charge in [0, 0.05) is 12.1 Å². The molecule has 2 aromatic heterocycles. The molecule has 0 aliphatic rings. The largest absolute Gasteiger partial charge is 0.337 e. The van der Waals surface area contributed by atoms with Crippen molar-refractivity contribution in [3.63, 3.8) is 0 Å². The van der Waals surface area contributed by atoms with E-state index in [1.54, 1.807) is 0 Å². The fourth-order valence-corrected chi connectivity index (χ4v) is 2.88. The first-order valence-corrected chi connectivity index (χ1v) is 8.61. The maximum absolute atomic E-state index is 5.43. The Labute approximate surface area is 152 Å². The Morgan fingerprint density at radius 2 is 1.96 bits per heavy atom. The lowest BCUT2D eigenvalue weighted by Gasteiger charge is -2.14. The molecule has 0 aliphatic heterocycles. The van der Waals surface area contributed by atoms with Gasteiger partial charge in [-0.3, -0.25) is 4.90 Å². The standard InChI is InChI=1S/C20H21N5O/c1-14(24(2)3)20-22-19(23-26-20)16-8-6-7-15(11-16)12-25-13-21-17-9-4-5-10-18(17)25/h4-11,13-14H,12H2,1-3H3/t14-/m1/s1. The van der Waals surface area contributed by atoms with Gasteiger partial charge in [-0.05, 0) is 44.8 Å². The van der Waals surface area contributed by atoms with Gasteiger partial charge in [-0.15, -0.1) is 0 Å². The Bertz CT molecular complexity index is 1030. The van der Waals surface area contributed by atoms with Crippen molar-refractivity contribution >= 4 is 11.0 Å². The molecule has 0 fully saturated rings. The minimum absolute atomic E-state index is 0.0803. The van der Waals surface area contributed by atoms with Crippen molar-refractivity contribution in [1.82, 2.24) is 24.6 Å². The summed E-state index contributed by atoms with van der Waals surface area (Å²) in [5, 5.41) is 4.15. The SMILES string of the molecule is C[C@H](c1nc(-c2cccc(Cn3cnc4ccccc43)c2)no1)N(C)C. The van der Waals surface area contributed by atoms with Crippen molar-refractivity contribution in [1.29, 1.82) is 0 Å². The Kier molecular flexibility index (Phi) is 4.26. The second-order valence-corrected chi connectivity index (χ2v) is 6.66. The number of benzene rings is 2. The van der Waals surface area contributed by atoms with Gasteiger partial charge in [0.05, 0.1) is 23.4 Å². The fraction of sp³-hybridized carbons (Fsp3) is 0.250. The highest BCUT2D eigenvalue weighted by Gasteiger charge is 2.17. The Hall–Kier alpha value is -2.99. The van der Waals surface area contributed by atoms with Gasteiger partial charge in [-0.25, -0.2) is 4.98 Å². The van der Waals surface area contributed by atoms with E-state index < -0.39 is 0 Å². The summed E-state index contributed by atoms with van der Waals surface area (Å²) in [5.74, 6) is 1.24. The maximum Gasteiger partial charge on any atom is 0.244 e. The van der Waals surface area contributed by atoms with Gasteiger partial charge in [0.1, 0.15) is 0 Å². The summed E-state index contributed by atoms with van der Waals surface area (Å²) in [4.78, 5) is 11.0. The summed E-state index contributed by atoms with van der Waals surface area (Å²) in [6.07, 6.45) is 1.88. The van der Waals surface area contributed by atoms with Crippen LogP contribution < -0.4 is 0 Å². The predicted molar refractivity (Wildman–Crippen MR) is 101 cm³/mol. The van der Waals surface area contributed by atoms with E-state index in [0.29, 0.717) is 11.7 Å². The van der Waals surface area contributed by atoms with Crippen molar-refractivity contribution in [3.8, 4) is 11.4 Å². The Balaban J connectivity index is 1.61. The van der Waals surface area contributed by atoms with Crippen molar-refractivity contribution in [2.45, 2.75) is 19.5 Å². The van der Waals surface area contributed by atoms with Gasteiger partial charge < -0.3 is 9.09 Å². The minimum Gasteiger partial charge on any atom is -0.337 e. The van der Waals surface area contributed by atoms with Crippen LogP contribution in [0.3, 0.4) is 0 Å². The summed E-state index contributed by atoms with van der Waals surface area (Å²) < 4.78 is 7.57. The van der Waals surface area contributed by atoms with Crippen molar-refractivity contribution in [2.24, 2.45) is 0 Å². The van der Waals surface area contributed by atoms with E-state index in [-0.39, 0.29) is 6.04 Å². The van der Waals surface area contributed by atoms with E-state index in [9.17, 15) is 0 Å². The normalized spacial score (nSPS) is 12.8. The zero-order valence-corrected chi connectivity index (χ0v) is 15.1. The lowest BCUT2D eigenvalue weighted by Crippen LogP contribution is -2.16. The molecule has 6 nitrogen and oxygen atoms in total. The van der Waals surface area contributed by atoms with Crippen LogP contribution in [0.4, 0.5) is 0 Å². The number of hydrogen-bond acceptors (Lipinski definition) is 5. The zero-order valence-electron chi connectivity index (χ0n) is 15.1. The molecule has 0 bridgehead atoms. The molecule has 0 N–H and O–H groups in total. The van der Waals surface area contributed by atoms with Gasteiger partial charge in [0.2, 0.25) is 11.7 Å². The van der Waals surface area contributed by atoms with E-state index in [2.05, 4.69) is 37.9 Å². The molecule has 4 rings (SSSR count). The smallest absolute Gasteiger partial charge is 0.244 e. The second kappa shape index (κ2) is 6.72. The second-order valence-electron chi connectivity index (χ2n) is 6.66. The molecule has 2 aromatic carbocycles. The molecule has 0 radical (unpaired) electrons. The average molecular weight is 347 g/mol. The van der Waals surface area contributed by atoms with Crippen LogP contribution in [0.2, 0.25) is 0 Å². The highest BCUT2D eigenvalue weighted by molar-refractivity contribution is 5.75. The van der Waals surface area contributed by atoms with Crippen LogP contribution in [0.1, 0.15) is 24.4 Å². The molecular formula is C20H21N5O. The predicted octanol–water partition coefficient (Wildman–Crippen LogP) is 3.76. The number of imidazole rings is 1. The molecule has 0 saturated carbocycles. The van der Waals surface area contributed by atoms with E-state index in [4.69, 9.17) is 4.52 Å². The number of fused-ring (bicyclic) bond motifs is 1. The fourth-order valence-electron chi connectivity index (χ4n) is 2.88. The first kappa shape index (κ1) is 16.5. The Morgan fingerprint density at radius 3 is 2.81 bits per heavy atom. The molecule has 0 unspecified atom stereocenters. The van der Waals surface area contributed by atoms with Crippen LogP contribution in [0.15, 0.2) is 59.4 Å². The average Bonchev–Trinajstić information content (AvgIpc) is 3.29. The van der Waals surface area contributed by atoms with Gasteiger partial charge >= 0.3 is 0 Å². The molecule has 1 atom stereocenters. The molecule has 26 heavy (non-hydrogen) atoms. The molecule has 132 valence electrons. The third kappa shape index (κ3) is 3.11. The maximum atomic E-state index is 5.43. The molecule has 0 aliphatic carbocycles. The molecule has 4 aromatic rings. The topological polar surface area (TPSA) is 60.0 Å². The number of hydrogen-bond donors (Lipinski definition) is 0. The highest BCUT2D eigenvalue weighted by atomic mass is 16.5. The summed E-state index contributed by atoms with van der Waals surface area (Å²) in [6, 6.07) is 16.4. The molecule has 6 heteroatoms. The van der Waals surface area contributed by atoms with Crippen molar-refractivity contribution < 1.29 is 4.52 Å². The molecular weight excluding hydrogens is 326 g/mol. The zero-order chi connectivity index (χ0) is 18.1. The van der Waals surface area contributed by atoms with Gasteiger partial charge in [-0.1, -0.05) is 35.5 Å². The molecule has 0 amide bonds. The molecule has 0 spiro atoms. The van der Waals surface area contributed by atoms with Gasteiger partial charge in [-0.2, -0.15) is 4.98 Å². The van der Waals surface area contributed by atoms with Crippen LogP contribution in [-0.4, -0.2) is 38.7 Å². The highest BCUT2D eigenvalue weighted by Crippen LogP contribution is 2.22. The third-order valence-corrected chi connectivity index (χ3v) is 4.64. The summed E-state index contributed by atoms with van der Waals surface area (Å²) >= 11 is 0. The van der Waals surface area contributed by atoms with Crippen LogP contribution in [0.25, 0.3) is 22.4 Å². The Morgan fingerprint density at radius 1 is 1.12 bits per heavy atom. The van der Waals surface area contributed by atoms with Crippen LogP contribution >= 0.6 is 0 Å². The van der Waals surface area contributed by atoms with E-state index >= 15 is 0 Å². The monoisotopic (exact) mass is 347 g/mol. The molecule has 2 heterocycles.